The van der Waals surface area contributed by atoms with Crippen LogP contribution in [0.15, 0.2) is 4.90 Å². The predicted octanol–water partition coefficient (Wildman–Crippen LogP) is -0.803. The second kappa shape index (κ2) is 5.67. The van der Waals surface area contributed by atoms with E-state index in [2.05, 4.69) is 10.2 Å². The van der Waals surface area contributed by atoms with E-state index in [1.165, 1.54) is 0 Å². The minimum Gasteiger partial charge on any atom is -0.395 e. The number of aromatic nitrogens is 2. The molecule has 0 saturated carbocycles. The van der Waals surface area contributed by atoms with Crippen LogP contribution in [0, 0.1) is 13.8 Å². The highest BCUT2D eigenvalue weighted by molar-refractivity contribution is 7.92. The molecule has 1 aliphatic rings. The number of rotatable bonds is 5. The fourth-order valence-corrected chi connectivity index (χ4v) is 6.44. The number of nitrogens with zero attached hydrogens (tertiary/aromatic N) is 2. The van der Waals surface area contributed by atoms with Crippen LogP contribution in [0.3, 0.4) is 0 Å². The minimum absolute atomic E-state index is 0.0293. The molecule has 10 heteroatoms. The topological polar surface area (TPSA) is 120 Å². The molecule has 1 aliphatic heterocycles. The van der Waals surface area contributed by atoms with Crippen LogP contribution >= 0.6 is 0 Å². The molecule has 2 rings (SSSR count). The third-order valence-electron chi connectivity index (χ3n) is 3.56. The molecule has 1 saturated heterocycles. The van der Waals surface area contributed by atoms with Crippen molar-refractivity contribution >= 4 is 19.9 Å². The molecule has 0 amide bonds. The average Bonchev–Trinajstić information content (AvgIpc) is 2.89. The zero-order valence-corrected chi connectivity index (χ0v) is 13.5. The Morgan fingerprint density at radius 3 is 2.52 bits per heavy atom. The Kier molecular flexibility index (Phi) is 4.43. The summed E-state index contributed by atoms with van der Waals surface area (Å²) in [6.45, 7) is 2.66. The summed E-state index contributed by atoms with van der Waals surface area (Å²) < 4.78 is 49.8. The number of H-pyrrole nitrogens is 1. The monoisotopic (exact) mass is 337 g/mol. The van der Waals surface area contributed by atoms with E-state index in [0.29, 0.717) is 11.4 Å². The molecule has 2 heterocycles. The van der Waals surface area contributed by atoms with Crippen molar-refractivity contribution in [3.8, 4) is 0 Å². The molecule has 21 heavy (non-hydrogen) atoms. The van der Waals surface area contributed by atoms with Crippen LogP contribution in [-0.4, -0.2) is 67.1 Å². The third-order valence-corrected chi connectivity index (χ3v) is 7.53. The van der Waals surface area contributed by atoms with Gasteiger partial charge in [-0.25, -0.2) is 16.8 Å². The van der Waals surface area contributed by atoms with Crippen LogP contribution in [0.5, 0.6) is 0 Å². The summed E-state index contributed by atoms with van der Waals surface area (Å²) in [5, 5.41) is 15.6. The molecule has 0 bridgehead atoms. The molecule has 0 spiro atoms. The molecule has 8 nitrogen and oxygen atoms in total. The van der Waals surface area contributed by atoms with Gasteiger partial charge in [0.05, 0.1) is 29.5 Å². The lowest BCUT2D eigenvalue weighted by atomic mass is 10.3. The number of sulfonamides is 1. The van der Waals surface area contributed by atoms with Crippen LogP contribution < -0.4 is 0 Å². The molecule has 1 atom stereocenters. The summed E-state index contributed by atoms with van der Waals surface area (Å²) in [6.07, 6.45) is 0.248. The Hall–Kier alpha value is -0.970. The first kappa shape index (κ1) is 16.4. The third kappa shape index (κ3) is 3.12. The molecule has 1 aromatic rings. The number of aliphatic hydroxyl groups is 1. The van der Waals surface area contributed by atoms with Gasteiger partial charge in [-0.15, -0.1) is 0 Å². The summed E-state index contributed by atoms with van der Waals surface area (Å²) in [5.41, 5.74) is 0.729. The van der Waals surface area contributed by atoms with Crippen molar-refractivity contribution in [2.24, 2.45) is 0 Å². The maximum Gasteiger partial charge on any atom is 0.247 e. The van der Waals surface area contributed by atoms with Crippen molar-refractivity contribution in [3.05, 3.63) is 11.4 Å². The molecule has 0 radical (unpaired) electrons. The number of hydrogen-bond acceptors (Lipinski definition) is 6. The highest BCUT2D eigenvalue weighted by atomic mass is 32.2. The fourth-order valence-electron chi connectivity index (χ4n) is 2.64. The second-order valence-corrected chi connectivity index (χ2v) is 9.22. The average molecular weight is 337 g/mol. The van der Waals surface area contributed by atoms with Crippen molar-refractivity contribution in [1.82, 2.24) is 14.5 Å². The smallest absolute Gasteiger partial charge is 0.247 e. The van der Waals surface area contributed by atoms with E-state index in [-0.39, 0.29) is 36.0 Å². The Bertz CT molecular complexity index is 704. The van der Waals surface area contributed by atoms with Crippen molar-refractivity contribution < 1.29 is 21.9 Å². The molecule has 2 N–H and O–H groups in total. The summed E-state index contributed by atoms with van der Waals surface area (Å²) in [7, 11) is -7.12. The standard InChI is InChI=1S/C11H19N3O5S2/c1-8-11(9(2)13-12-8)21(18,19)14(4-5-15)10-3-6-20(16,17)7-10/h10,15H,3-7H2,1-2H3,(H,12,13). The van der Waals surface area contributed by atoms with Gasteiger partial charge in [-0.05, 0) is 20.3 Å². The lowest BCUT2D eigenvalue weighted by Crippen LogP contribution is -2.43. The SMILES string of the molecule is Cc1n[nH]c(C)c1S(=O)(=O)N(CCO)C1CCS(=O)(=O)C1. The zero-order valence-electron chi connectivity index (χ0n) is 11.9. The molecular formula is C11H19N3O5S2. The van der Waals surface area contributed by atoms with Crippen LogP contribution in [0.1, 0.15) is 17.8 Å². The van der Waals surface area contributed by atoms with E-state index in [1.54, 1.807) is 13.8 Å². The summed E-state index contributed by atoms with van der Waals surface area (Å²) >= 11 is 0. The first-order valence-corrected chi connectivity index (χ1v) is 9.80. The molecule has 1 fully saturated rings. The Labute approximate surface area is 124 Å². The highest BCUT2D eigenvalue weighted by Gasteiger charge is 2.40. The van der Waals surface area contributed by atoms with Crippen molar-refractivity contribution in [2.45, 2.75) is 31.2 Å². The molecule has 1 unspecified atom stereocenters. The summed E-state index contributed by atoms with van der Waals surface area (Å²) in [5.74, 6) is -0.235. The maximum absolute atomic E-state index is 12.8. The van der Waals surface area contributed by atoms with Gasteiger partial charge in [0.2, 0.25) is 10.0 Å². The normalized spacial score (nSPS) is 22.0. The predicted molar refractivity (Wildman–Crippen MR) is 76.1 cm³/mol. The number of sulfone groups is 1. The van der Waals surface area contributed by atoms with Crippen LogP contribution in [0.25, 0.3) is 0 Å². The molecule has 0 aliphatic carbocycles. The first-order chi connectivity index (χ1) is 9.69. The van der Waals surface area contributed by atoms with Gasteiger partial charge in [-0.2, -0.15) is 9.40 Å². The summed E-state index contributed by atoms with van der Waals surface area (Å²) in [6, 6.07) is -0.638. The minimum atomic E-state index is -3.90. The van der Waals surface area contributed by atoms with Crippen molar-refractivity contribution in [2.75, 3.05) is 24.7 Å². The number of nitrogens with one attached hydrogen (secondary N) is 1. The van der Waals surface area contributed by atoms with Gasteiger partial charge in [0, 0.05) is 12.6 Å². The van der Waals surface area contributed by atoms with Crippen molar-refractivity contribution in [3.63, 3.8) is 0 Å². The number of aromatic amines is 1. The fraction of sp³-hybridized carbons (Fsp3) is 0.727. The van der Waals surface area contributed by atoms with E-state index < -0.39 is 25.9 Å². The van der Waals surface area contributed by atoms with Crippen LogP contribution in [0.4, 0.5) is 0 Å². The van der Waals surface area contributed by atoms with Crippen molar-refractivity contribution in [1.29, 1.82) is 0 Å². The maximum atomic E-state index is 12.8. The van der Waals surface area contributed by atoms with Crippen LogP contribution in [0.2, 0.25) is 0 Å². The molecule has 0 aromatic carbocycles. The van der Waals surface area contributed by atoms with Gasteiger partial charge in [0.25, 0.3) is 0 Å². The quantitative estimate of drug-likeness (QED) is 0.725. The van der Waals surface area contributed by atoms with Gasteiger partial charge in [-0.1, -0.05) is 0 Å². The first-order valence-electron chi connectivity index (χ1n) is 6.54. The van der Waals surface area contributed by atoms with E-state index in [0.717, 1.165) is 4.31 Å². The molecule has 120 valence electrons. The number of hydrogen-bond donors (Lipinski definition) is 2. The van der Waals surface area contributed by atoms with Crippen LogP contribution in [-0.2, 0) is 19.9 Å². The number of aryl methyl sites for hydroxylation is 2. The second-order valence-electron chi connectivity index (χ2n) is 5.16. The summed E-state index contributed by atoms with van der Waals surface area (Å²) in [4.78, 5) is 0.0558. The Morgan fingerprint density at radius 1 is 1.43 bits per heavy atom. The Morgan fingerprint density at radius 2 is 2.10 bits per heavy atom. The van der Waals surface area contributed by atoms with Gasteiger partial charge in [0.15, 0.2) is 9.84 Å². The van der Waals surface area contributed by atoms with E-state index >= 15 is 0 Å². The molecule has 1 aromatic heterocycles. The van der Waals surface area contributed by atoms with Gasteiger partial charge in [0.1, 0.15) is 4.90 Å². The lowest BCUT2D eigenvalue weighted by molar-refractivity contribution is 0.232. The largest absolute Gasteiger partial charge is 0.395 e. The van der Waals surface area contributed by atoms with Gasteiger partial charge >= 0.3 is 0 Å². The van der Waals surface area contributed by atoms with Gasteiger partial charge < -0.3 is 5.11 Å². The number of aliphatic hydroxyl groups excluding tert-OH is 1. The van der Waals surface area contributed by atoms with E-state index in [4.69, 9.17) is 5.11 Å². The lowest BCUT2D eigenvalue weighted by Gasteiger charge is -2.26. The van der Waals surface area contributed by atoms with Gasteiger partial charge in [-0.3, -0.25) is 5.10 Å². The molecular weight excluding hydrogens is 318 g/mol. The Balaban J connectivity index is 2.43. The van der Waals surface area contributed by atoms with E-state index in [1.807, 2.05) is 0 Å². The van der Waals surface area contributed by atoms with E-state index in [9.17, 15) is 16.8 Å². The highest BCUT2D eigenvalue weighted by Crippen LogP contribution is 2.27. The zero-order chi connectivity index (χ0) is 15.8.